The van der Waals surface area contributed by atoms with E-state index < -0.39 is 24.2 Å². The number of nitrogens with one attached hydrogen (secondary N) is 2. The third-order valence-corrected chi connectivity index (χ3v) is 3.46. The number of fused-ring (bicyclic) bond motifs is 1. The third kappa shape index (κ3) is 3.42. The van der Waals surface area contributed by atoms with Crippen molar-refractivity contribution in [2.75, 3.05) is 5.32 Å². The van der Waals surface area contributed by atoms with Gasteiger partial charge >= 0.3 is 6.61 Å². The van der Waals surface area contributed by atoms with Gasteiger partial charge < -0.3 is 20.1 Å². The molecule has 0 fully saturated rings. The van der Waals surface area contributed by atoms with Gasteiger partial charge in [-0.05, 0) is 30.3 Å². The number of aromatic nitrogens is 1. The first kappa shape index (κ1) is 16.4. The van der Waals surface area contributed by atoms with Crippen LogP contribution >= 0.6 is 0 Å². The van der Waals surface area contributed by atoms with E-state index in [-0.39, 0.29) is 17.0 Å². The molecule has 0 spiro atoms. The largest absolute Gasteiger partial charge is 0.494 e. The number of anilines is 1. The molecule has 0 aliphatic rings. The minimum Gasteiger partial charge on any atom is -0.494 e. The van der Waals surface area contributed by atoms with E-state index in [2.05, 4.69) is 15.0 Å². The molecule has 0 aliphatic heterocycles. The Bertz CT molecular complexity index is 935. The summed E-state index contributed by atoms with van der Waals surface area (Å²) >= 11 is 0. The van der Waals surface area contributed by atoms with E-state index in [0.29, 0.717) is 10.9 Å². The van der Waals surface area contributed by atoms with Crippen LogP contribution in [-0.2, 0) is 4.79 Å². The average molecular weight is 346 g/mol. The van der Waals surface area contributed by atoms with Crippen molar-refractivity contribution in [2.45, 2.75) is 6.61 Å². The smallest absolute Gasteiger partial charge is 0.387 e. The number of para-hydroxylation sites is 1. The summed E-state index contributed by atoms with van der Waals surface area (Å²) in [5, 5.41) is 12.7. The SMILES string of the molecule is O=C(Nc1ccc(OC(F)F)cc1)C(=O)c1c(O)[nH]c2ccccc12. The first-order chi connectivity index (χ1) is 12.0. The van der Waals surface area contributed by atoms with Gasteiger partial charge in [-0.3, -0.25) is 9.59 Å². The van der Waals surface area contributed by atoms with Gasteiger partial charge in [0.2, 0.25) is 5.88 Å². The molecule has 128 valence electrons. The number of amides is 1. The molecule has 0 bridgehead atoms. The lowest BCUT2D eigenvalue weighted by atomic mass is 10.1. The summed E-state index contributed by atoms with van der Waals surface area (Å²) in [5.74, 6) is -2.37. The van der Waals surface area contributed by atoms with Crippen LogP contribution in [0.5, 0.6) is 11.6 Å². The second-order valence-corrected chi connectivity index (χ2v) is 5.08. The van der Waals surface area contributed by atoms with Gasteiger partial charge in [0.1, 0.15) is 5.75 Å². The zero-order chi connectivity index (χ0) is 18.0. The first-order valence-electron chi connectivity index (χ1n) is 7.16. The van der Waals surface area contributed by atoms with Gasteiger partial charge in [-0.1, -0.05) is 18.2 Å². The molecule has 0 unspecified atom stereocenters. The highest BCUT2D eigenvalue weighted by Crippen LogP contribution is 2.27. The lowest BCUT2D eigenvalue weighted by molar-refractivity contribution is -0.112. The van der Waals surface area contributed by atoms with Gasteiger partial charge in [0, 0.05) is 16.6 Å². The standard InChI is InChI=1S/C17H12F2N2O4/c18-17(19)25-10-7-5-9(6-8-10)20-16(24)14(22)13-11-3-1-2-4-12(11)21-15(13)23/h1-8,17,21,23H,(H,20,24). The Labute approximate surface area is 140 Å². The molecule has 0 aliphatic carbocycles. The van der Waals surface area contributed by atoms with Gasteiger partial charge in [-0.25, -0.2) is 0 Å². The van der Waals surface area contributed by atoms with Crippen molar-refractivity contribution in [3.05, 3.63) is 54.1 Å². The number of alkyl halides is 2. The predicted molar refractivity (Wildman–Crippen MR) is 86.0 cm³/mol. The number of ketones is 1. The molecule has 3 aromatic rings. The molecule has 2 aromatic carbocycles. The highest BCUT2D eigenvalue weighted by atomic mass is 19.3. The molecular weight excluding hydrogens is 334 g/mol. The number of H-pyrrole nitrogens is 1. The Morgan fingerprint density at radius 3 is 2.44 bits per heavy atom. The monoisotopic (exact) mass is 346 g/mol. The van der Waals surface area contributed by atoms with Crippen LogP contribution in [0.3, 0.4) is 0 Å². The number of rotatable bonds is 5. The number of hydrogen-bond donors (Lipinski definition) is 3. The molecule has 0 saturated heterocycles. The van der Waals surface area contributed by atoms with E-state index in [1.54, 1.807) is 24.3 Å². The maximum atomic E-state index is 12.3. The summed E-state index contributed by atoms with van der Waals surface area (Å²) < 4.78 is 28.4. The van der Waals surface area contributed by atoms with Gasteiger partial charge in [0.05, 0.1) is 5.56 Å². The summed E-state index contributed by atoms with van der Waals surface area (Å²) in [4.78, 5) is 27.1. The zero-order valence-electron chi connectivity index (χ0n) is 12.6. The summed E-state index contributed by atoms with van der Waals surface area (Å²) in [6.45, 7) is -2.95. The second-order valence-electron chi connectivity index (χ2n) is 5.08. The van der Waals surface area contributed by atoms with Gasteiger partial charge in [0.15, 0.2) is 0 Å². The number of hydrogen-bond acceptors (Lipinski definition) is 4. The second kappa shape index (κ2) is 6.60. The molecule has 3 rings (SSSR count). The molecule has 0 atom stereocenters. The van der Waals surface area contributed by atoms with Gasteiger partial charge in [-0.15, -0.1) is 0 Å². The Morgan fingerprint density at radius 2 is 1.76 bits per heavy atom. The first-order valence-corrected chi connectivity index (χ1v) is 7.16. The van der Waals surface area contributed by atoms with Crippen LogP contribution in [0.25, 0.3) is 10.9 Å². The number of carbonyl (C=O) groups excluding carboxylic acids is 2. The number of halogens is 2. The molecule has 8 heteroatoms. The summed E-state index contributed by atoms with van der Waals surface area (Å²) in [7, 11) is 0. The number of aromatic amines is 1. The number of benzene rings is 2. The van der Waals surface area contributed by atoms with Crippen LogP contribution in [0.1, 0.15) is 10.4 Å². The Hall–Kier alpha value is -3.42. The van der Waals surface area contributed by atoms with Crippen molar-refractivity contribution in [3.8, 4) is 11.6 Å². The zero-order valence-corrected chi connectivity index (χ0v) is 12.6. The quantitative estimate of drug-likeness (QED) is 0.488. The molecule has 0 radical (unpaired) electrons. The lowest BCUT2D eigenvalue weighted by Crippen LogP contribution is -2.22. The van der Waals surface area contributed by atoms with Crippen LogP contribution in [0.2, 0.25) is 0 Å². The number of Topliss-reactive ketones (excluding diaryl/α,β-unsaturated/α-hetero) is 1. The summed E-state index contributed by atoms with van der Waals surface area (Å²) in [6, 6.07) is 11.7. The minimum atomic E-state index is -2.95. The molecule has 0 saturated carbocycles. The lowest BCUT2D eigenvalue weighted by Gasteiger charge is -2.07. The van der Waals surface area contributed by atoms with E-state index in [0.717, 1.165) is 0 Å². The van der Waals surface area contributed by atoms with E-state index in [1.807, 2.05) is 0 Å². The molecular formula is C17H12F2N2O4. The number of ether oxygens (including phenoxy) is 1. The average Bonchev–Trinajstić information content (AvgIpc) is 2.91. The molecule has 1 amide bonds. The molecule has 25 heavy (non-hydrogen) atoms. The van der Waals surface area contributed by atoms with Gasteiger partial charge in [0.25, 0.3) is 11.7 Å². The number of carbonyl (C=O) groups is 2. The topological polar surface area (TPSA) is 91.4 Å². The Morgan fingerprint density at radius 1 is 1.08 bits per heavy atom. The van der Waals surface area contributed by atoms with E-state index in [1.165, 1.54) is 24.3 Å². The van der Waals surface area contributed by atoms with E-state index in [4.69, 9.17) is 0 Å². The molecule has 1 aromatic heterocycles. The van der Waals surface area contributed by atoms with Crippen LogP contribution < -0.4 is 10.1 Å². The fourth-order valence-corrected chi connectivity index (χ4v) is 2.38. The van der Waals surface area contributed by atoms with Crippen LogP contribution in [0.15, 0.2) is 48.5 Å². The predicted octanol–water partition coefficient (Wildman–Crippen LogP) is 3.30. The minimum absolute atomic E-state index is 0.0754. The van der Waals surface area contributed by atoms with Crippen molar-refractivity contribution in [1.82, 2.24) is 4.98 Å². The molecule has 1 heterocycles. The van der Waals surface area contributed by atoms with Crippen molar-refractivity contribution in [2.24, 2.45) is 0 Å². The van der Waals surface area contributed by atoms with Crippen molar-refractivity contribution in [3.63, 3.8) is 0 Å². The maximum Gasteiger partial charge on any atom is 0.387 e. The number of aromatic hydroxyl groups is 1. The third-order valence-electron chi connectivity index (χ3n) is 3.46. The molecule has 3 N–H and O–H groups in total. The maximum absolute atomic E-state index is 12.3. The molecule has 6 nitrogen and oxygen atoms in total. The fourth-order valence-electron chi connectivity index (χ4n) is 2.38. The highest BCUT2D eigenvalue weighted by molar-refractivity contribution is 6.49. The van der Waals surface area contributed by atoms with Crippen LogP contribution in [0.4, 0.5) is 14.5 Å². The van der Waals surface area contributed by atoms with Crippen LogP contribution in [0, 0.1) is 0 Å². The normalized spacial score (nSPS) is 10.8. The van der Waals surface area contributed by atoms with Crippen molar-refractivity contribution < 1.29 is 28.2 Å². The Kier molecular flexibility index (Phi) is 4.34. The Balaban J connectivity index is 1.78. The van der Waals surface area contributed by atoms with Gasteiger partial charge in [-0.2, -0.15) is 8.78 Å². The highest BCUT2D eigenvalue weighted by Gasteiger charge is 2.24. The van der Waals surface area contributed by atoms with Crippen molar-refractivity contribution in [1.29, 1.82) is 0 Å². The summed E-state index contributed by atoms with van der Waals surface area (Å²) in [5.41, 5.74) is 0.606. The fraction of sp³-hybridized carbons (Fsp3) is 0.0588. The van der Waals surface area contributed by atoms with Crippen molar-refractivity contribution >= 4 is 28.3 Å². The van der Waals surface area contributed by atoms with Crippen LogP contribution in [-0.4, -0.2) is 28.4 Å². The van der Waals surface area contributed by atoms with E-state index >= 15 is 0 Å². The summed E-state index contributed by atoms with van der Waals surface area (Å²) in [6.07, 6.45) is 0. The van der Waals surface area contributed by atoms with E-state index in [9.17, 15) is 23.5 Å².